The van der Waals surface area contributed by atoms with Gasteiger partial charge >= 0.3 is 0 Å². The van der Waals surface area contributed by atoms with Gasteiger partial charge in [0.25, 0.3) is 5.91 Å². The number of thiophene rings is 1. The van der Waals surface area contributed by atoms with Gasteiger partial charge in [0.2, 0.25) is 0 Å². The number of halogens is 1. The van der Waals surface area contributed by atoms with Crippen molar-refractivity contribution in [3.63, 3.8) is 0 Å². The molecule has 1 aliphatic rings. The average Bonchev–Trinajstić information content (AvgIpc) is 3.16. The molecule has 6 heteroatoms. The lowest BCUT2D eigenvalue weighted by Gasteiger charge is -2.36. The van der Waals surface area contributed by atoms with Gasteiger partial charge < -0.3 is 9.64 Å². The van der Waals surface area contributed by atoms with Crippen molar-refractivity contribution < 1.29 is 9.53 Å². The second kappa shape index (κ2) is 7.09. The van der Waals surface area contributed by atoms with Gasteiger partial charge in [-0.1, -0.05) is 23.7 Å². The number of amides is 1. The number of aromatic nitrogens is 1. The zero-order chi connectivity index (χ0) is 18.1. The number of carbonyl (C=O) groups excluding carboxylic acids is 1. The van der Waals surface area contributed by atoms with Gasteiger partial charge in [0, 0.05) is 17.6 Å². The summed E-state index contributed by atoms with van der Waals surface area (Å²) in [6.45, 7) is 0.647. The average molecular weight is 385 g/mol. The summed E-state index contributed by atoms with van der Waals surface area (Å²) in [5.74, 6) is 0.698. The summed E-state index contributed by atoms with van der Waals surface area (Å²) in [5.41, 5.74) is 2.67. The Hall–Kier alpha value is -2.37. The molecule has 0 unspecified atom stereocenters. The summed E-state index contributed by atoms with van der Waals surface area (Å²) in [4.78, 5) is 20.5. The Bertz CT molecular complexity index is 939. The van der Waals surface area contributed by atoms with Crippen LogP contribution in [0.15, 0.2) is 54.0 Å². The van der Waals surface area contributed by atoms with Gasteiger partial charge in [-0.25, -0.2) is 4.98 Å². The fraction of sp³-hybridized carbons (Fsp3) is 0.200. The van der Waals surface area contributed by atoms with E-state index in [4.69, 9.17) is 16.3 Å². The molecule has 1 aliphatic heterocycles. The van der Waals surface area contributed by atoms with Crippen molar-refractivity contribution >= 4 is 28.8 Å². The molecule has 1 atom stereocenters. The molecule has 132 valence electrons. The highest BCUT2D eigenvalue weighted by Crippen LogP contribution is 2.39. The second-order valence-electron chi connectivity index (χ2n) is 6.07. The maximum absolute atomic E-state index is 13.2. The number of methoxy groups -OCH3 is 1. The first-order valence-corrected chi connectivity index (χ1v) is 9.56. The molecule has 4 nitrogen and oxygen atoms in total. The van der Waals surface area contributed by atoms with Crippen LogP contribution in [-0.2, 0) is 6.42 Å². The third-order valence-corrected chi connectivity index (χ3v) is 5.95. The minimum atomic E-state index is -0.139. The van der Waals surface area contributed by atoms with Gasteiger partial charge in [0.1, 0.15) is 10.9 Å². The van der Waals surface area contributed by atoms with Crippen LogP contribution in [0.5, 0.6) is 5.75 Å². The normalized spacial score (nSPS) is 16.2. The monoisotopic (exact) mass is 384 g/mol. The molecule has 1 amide bonds. The summed E-state index contributed by atoms with van der Waals surface area (Å²) < 4.78 is 5.27. The van der Waals surface area contributed by atoms with Gasteiger partial charge in [0.15, 0.2) is 0 Å². The van der Waals surface area contributed by atoms with Crippen molar-refractivity contribution in [1.29, 1.82) is 0 Å². The maximum atomic E-state index is 13.2. The fourth-order valence-electron chi connectivity index (χ4n) is 3.38. The van der Waals surface area contributed by atoms with E-state index in [0.717, 1.165) is 17.7 Å². The van der Waals surface area contributed by atoms with Crippen molar-refractivity contribution in [3.05, 3.63) is 80.8 Å². The molecular formula is C20H17ClN2O2S. The van der Waals surface area contributed by atoms with Gasteiger partial charge in [-0.15, -0.1) is 11.3 Å². The van der Waals surface area contributed by atoms with Crippen LogP contribution in [0.2, 0.25) is 5.15 Å². The Labute approximate surface area is 161 Å². The first-order chi connectivity index (χ1) is 12.7. The SMILES string of the molecule is COc1ccc([C@H]2c3ccsc3CCN2C(=O)c2cccnc2Cl)cc1. The molecule has 0 N–H and O–H groups in total. The number of pyridine rings is 1. The molecule has 3 heterocycles. The number of fused-ring (bicyclic) bond motifs is 1. The number of ether oxygens (including phenoxy) is 1. The van der Waals surface area contributed by atoms with E-state index in [9.17, 15) is 4.79 Å². The Balaban J connectivity index is 1.77. The Kier molecular flexibility index (Phi) is 4.66. The number of nitrogens with zero attached hydrogens (tertiary/aromatic N) is 2. The lowest BCUT2D eigenvalue weighted by Crippen LogP contribution is -2.40. The van der Waals surface area contributed by atoms with Crippen molar-refractivity contribution in [2.45, 2.75) is 12.5 Å². The minimum absolute atomic E-state index is 0.0965. The van der Waals surface area contributed by atoms with Crippen LogP contribution in [-0.4, -0.2) is 29.4 Å². The van der Waals surface area contributed by atoms with E-state index in [-0.39, 0.29) is 17.1 Å². The molecule has 26 heavy (non-hydrogen) atoms. The second-order valence-corrected chi connectivity index (χ2v) is 7.42. The zero-order valence-electron chi connectivity index (χ0n) is 14.2. The molecule has 0 fully saturated rings. The van der Waals surface area contributed by atoms with Gasteiger partial charge in [-0.3, -0.25) is 4.79 Å². The summed E-state index contributed by atoms with van der Waals surface area (Å²) >= 11 is 7.92. The van der Waals surface area contributed by atoms with Crippen LogP contribution < -0.4 is 4.74 Å². The van der Waals surface area contributed by atoms with Crippen LogP contribution in [0.4, 0.5) is 0 Å². The lowest BCUT2D eigenvalue weighted by molar-refractivity contribution is 0.0696. The topological polar surface area (TPSA) is 42.4 Å². The molecule has 0 spiro atoms. The molecule has 0 aliphatic carbocycles. The molecule has 2 aromatic heterocycles. The van der Waals surface area contributed by atoms with Crippen LogP contribution in [0, 0.1) is 0 Å². The van der Waals surface area contributed by atoms with Crippen LogP contribution in [0.1, 0.15) is 32.4 Å². The molecular weight excluding hydrogens is 368 g/mol. The molecule has 4 rings (SSSR count). The Morgan fingerprint density at radius 2 is 2.08 bits per heavy atom. The molecule has 1 aromatic carbocycles. The third-order valence-electron chi connectivity index (χ3n) is 4.65. The van der Waals surface area contributed by atoms with Gasteiger partial charge in [-0.05, 0) is 53.3 Å². The smallest absolute Gasteiger partial charge is 0.257 e. The van der Waals surface area contributed by atoms with Crippen LogP contribution >= 0.6 is 22.9 Å². The summed E-state index contributed by atoms with van der Waals surface area (Å²) in [6.07, 6.45) is 2.44. The van der Waals surface area contributed by atoms with E-state index in [1.165, 1.54) is 10.4 Å². The van der Waals surface area contributed by atoms with Crippen molar-refractivity contribution in [2.24, 2.45) is 0 Å². The van der Waals surface area contributed by atoms with Crippen LogP contribution in [0.25, 0.3) is 0 Å². The molecule has 0 saturated carbocycles. The number of benzene rings is 1. The molecule has 0 radical (unpaired) electrons. The van der Waals surface area contributed by atoms with Crippen LogP contribution in [0.3, 0.4) is 0 Å². The van der Waals surface area contributed by atoms with E-state index in [1.54, 1.807) is 36.8 Å². The molecule has 0 saturated heterocycles. The maximum Gasteiger partial charge on any atom is 0.257 e. The minimum Gasteiger partial charge on any atom is -0.497 e. The first-order valence-electron chi connectivity index (χ1n) is 8.30. The number of hydrogen-bond donors (Lipinski definition) is 0. The highest BCUT2D eigenvalue weighted by molar-refractivity contribution is 7.10. The van der Waals surface area contributed by atoms with E-state index >= 15 is 0 Å². The predicted octanol–water partition coefficient (Wildman–Crippen LogP) is 4.59. The summed E-state index contributed by atoms with van der Waals surface area (Å²) in [5, 5.41) is 2.33. The summed E-state index contributed by atoms with van der Waals surface area (Å²) in [7, 11) is 1.65. The third kappa shape index (κ3) is 2.97. The van der Waals surface area contributed by atoms with Crippen molar-refractivity contribution in [3.8, 4) is 5.75 Å². The number of rotatable bonds is 3. The number of hydrogen-bond acceptors (Lipinski definition) is 4. The van der Waals surface area contributed by atoms with E-state index in [1.807, 2.05) is 29.2 Å². The molecule has 3 aromatic rings. The zero-order valence-corrected chi connectivity index (χ0v) is 15.8. The highest BCUT2D eigenvalue weighted by atomic mass is 35.5. The Morgan fingerprint density at radius 3 is 2.81 bits per heavy atom. The van der Waals surface area contributed by atoms with Gasteiger partial charge in [0.05, 0.1) is 18.7 Å². The van der Waals surface area contributed by atoms with E-state index < -0.39 is 0 Å². The standard InChI is InChI=1S/C20H17ClN2O2S/c1-25-14-6-4-13(5-7-14)18-15-9-12-26-17(15)8-11-23(18)20(24)16-3-2-10-22-19(16)21/h2-7,9-10,12,18H,8,11H2,1H3/t18-/m0/s1. The Morgan fingerprint density at radius 1 is 1.27 bits per heavy atom. The highest BCUT2D eigenvalue weighted by Gasteiger charge is 2.34. The summed E-state index contributed by atoms with van der Waals surface area (Å²) in [6, 6.07) is 13.3. The quantitative estimate of drug-likeness (QED) is 0.620. The van der Waals surface area contributed by atoms with E-state index in [0.29, 0.717) is 12.1 Å². The van der Waals surface area contributed by atoms with Crippen molar-refractivity contribution in [1.82, 2.24) is 9.88 Å². The van der Waals surface area contributed by atoms with Crippen molar-refractivity contribution in [2.75, 3.05) is 13.7 Å². The molecule has 0 bridgehead atoms. The lowest BCUT2D eigenvalue weighted by atomic mass is 9.92. The first kappa shape index (κ1) is 17.1. The van der Waals surface area contributed by atoms with E-state index in [2.05, 4.69) is 16.4 Å². The fourth-order valence-corrected chi connectivity index (χ4v) is 4.49. The van der Waals surface area contributed by atoms with Gasteiger partial charge in [-0.2, -0.15) is 0 Å². The number of carbonyl (C=O) groups is 1. The largest absolute Gasteiger partial charge is 0.497 e. The predicted molar refractivity (Wildman–Crippen MR) is 103 cm³/mol.